The molecular weight excluding hydrogens is 236 g/mol. The van der Waals surface area contributed by atoms with Crippen molar-refractivity contribution < 1.29 is 19.8 Å². The molecule has 0 bridgehead atoms. The van der Waals surface area contributed by atoms with Crippen molar-refractivity contribution in [3.8, 4) is 0 Å². The number of carbonyl (C=O) groups is 2. The van der Waals surface area contributed by atoms with Crippen LogP contribution >= 0.6 is 0 Å². The summed E-state index contributed by atoms with van der Waals surface area (Å²) in [6, 6.07) is -1.13. The summed E-state index contributed by atoms with van der Waals surface area (Å²) in [5, 5.41) is 18.6. The Morgan fingerprint density at radius 1 is 1.28 bits per heavy atom. The number of rotatable bonds is 1. The number of amides is 2. The van der Waals surface area contributed by atoms with Gasteiger partial charge in [-0.3, -0.25) is 0 Å². The highest BCUT2D eigenvalue weighted by molar-refractivity contribution is 5.83. The van der Waals surface area contributed by atoms with E-state index in [-0.39, 0.29) is 19.0 Å². The van der Waals surface area contributed by atoms with Crippen molar-refractivity contribution in [1.82, 2.24) is 9.80 Å². The van der Waals surface area contributed by atoms with Gasteiger partial charge in [-0.15, -0.1) is 0 Å². The molecule has 2 aliphatic rings. The Morgan fingerprint density at radius 2 is 2.00 bits per heavy atom. The quantitative estimate of drug-likeness (QED) is 0.709. The minimum Gasteiger partial charge on any atom is -0.480 e. The third-order valence-electron chi connectivity index (χ3n) is 3.74. The summed E-state index contributed by atoms with van der Waals surface area (Å²) in [5.41, 5.74) is 0. The number of urea groups is 1. The fourth-order valence-electron chi connectivity index (χ4n) is 2.80. The first-order valence-corrected chi connectivity index (χ1v) is 6.45. The number of likely N-dealkylation sites (tertiary alicyclic amines) is 2. The van der Waals surface area contributed by atoms with Crippen LogP contribution in [-0.4, -0.2) is 63.8 Å². The molecule has 0 radical (unpaired) electrons. The minimum absolute atomic E-state index is 0.126. The highest BCUT2D eigenvalue weighted by Crippen LogP contribution is 2.23. The smallest absolute Gasteiger partial charge is 0.326 e. The molecule has 2 rings (SSSR count). The number of carbonyl (C=O) groups excluding carboxylic acids is 1. The van der Waals surface area contributed by atoms with E-state index in [9.17, 15) is 14.7 Å². The number of hydrogen-bond donors (Lipinski definition) is 2. The first-order valence-electron chi connectivity index (χ1n) is 6.45. The number of aliphatic hydroxyl groups excluding tert-OH is 1. The Bertz CT molecular complexity index is 347. The molecule has 2 aliphatic heterocycles. The fraction of sp³-hybridized carbons (Fsp3) is 0.833. The normalized spacial score (nSPS) is 32.7. The summed E-state index contributed by atoms with van der Waals surface area (Å²) in [7, 11) is 0. The van der Waals surface area contributed by atoms with Gasteiger partial charge in [-0.05, 0) is 18.8 Å². The lowest BCUT2D eigenvalue weighted by atomic mass is 10.0. The molecule has 18 heavy (non-hydrogen) atoms. The van der Waals surface area contributed by atoms with E-state index in [4.69, 9.17) is 5.11 Å². The van der Waals surface area contributed by atoms with Crippen molar-refractivity contribution in [3.63, 3.8) is 0 Å². The van der Waals surface area contributed by atoms with Gasteiger partial charge in [-0.2, -0.15) is 0 Å². The maximum Gasteiger partial charge on any atom is 0.326 e. The van der Waals surface area contributed by atoms with Gasteiger partial charge < -0.3 is 20.0 Å². The number of β-amino-alcohol motifs (C(OH)–C–C–N with tert-alkyl or cyclic N) is 1. The lowest BCUT2D eigenvalue weighted by Gasteiger charge is -2.35. The largest absolute Gasteiger partial charge is 0.480 e. The van der Waals surface area contributed by atoms with Crippen LogP contribution in [0, 0.1) is 5.92 Å². The van der Waals surface area contributed by atoms with E-state index in [1.807, 2.05) is 0 Å². The fourth-order valence-corrected chi connectivity index (χ4v) is 2.80. The van der Waals surface area contributed by atoms with E-state index in [0.29, 0.717) is 19.0 Å². The standard InChI is InChI=1S/C12H20N2O4/c1-8-3-2-4-13(6-8)12(18)14-7-9(15)5-10(14)11(16)17/h8-10,15H,2-7H2,1H3,(H,16,17). The Balaban J connectivity index is 2.05. The molecule has 6 nitrogen and oxygen atoms in total. The van der Waals surface area contributed by atoms with Crippen molar-refractivity contribution >= 4 is 12.0 Å². The molecule has 0 aromatic rings. The molecule has 0 aliphatic carbocycles. The zero-order valence-corrected chi connectivity index (χ0v) is 10.6. The van der Waals surface area contributed by atoms with Crippen molar-refractivity contribution in [2.45, 2.75) is 38.3 Å². The number of aliphatic carboxylic acids is 1. The number of aliphatic hydroxyl groups is 1. The summed E-state index contributed by atoms with van der Waals surface area (Å²) in [5.74, 6) is -0.580. The Hall–Kier alpha value is -1.30. The van der Waals surface area contributed by atoms with Crippen LogP contribution in [0.3, 0.4) is 0 Å². The van der Waals surface area contributed by atoms with Gasteiger partial charge in [-0.25, -0.2) is 9.59 Å². The molecule has 2 fully saturated rings. The first kappa shape index (κ1) is 13.1. The van der Waals surface area contributed by atoms with E-state index in [1.165, 1.54) is 4.90 Å². The number of hydrogen-bond acceptors (Lipinski definition) is 3. The van der Waals surface area contributed by atoms with Gasteiger partial charge >= 0.3 is 12.0 Å². The molecule has 0 saturated carbocycles. The first-order chi connectivity index (χ1) is 8.49. The van der Waals surface area contributed by atoms with Gasteiger partial charge in [0.05, 0.1) is 6.10 Å². The predicted molar refractivity (Wildman–Crippen MR) is 64.1 cm³/mol. The van der Waals surface area contributed by atoms with Gasteiger partial charge in [0, 0.05) is 26.1 Å². The third-order valence-corrected chi connectivity index (χ3v) is 3.74. The molecule has 6 heteroatoms. The Kier molecular flexibility index (Phi) is 3.75. The maximum atomic E-state index is 12.3. The monoisotopic (exact) mass is 256 g/mol. The molecule has 2 saturated heterocycles. The predicted octanol–water partition coefficient (Wildman–Crippen LogP) is 0.358. The van der Waals surface area contributed by atoms with Crippen LogP contribution in [0.4, 0.5) is 4.79 Å². The number of carboxylic acid groups (broad SMARTS) is 1. The molecule has 2 amide bonds. The SMILES string of the molecule is CC1CCCN(C(=O)N2CC(O)CC2C(=O)O)C1. The Morgan fingerprint density at radius 3 is 2.61 bits per heavy atom. The van der Waals surface area contributed by atoms with E-state index in [1.54, 1.807) is 4.90 Å². The van der Waals surface area contributed by atoms with Crippen LogP contribution < -0.4 is 0 Å². The van der Waals surface area contributed by atoms with Crippen molar-refractivity contribution in [2.24, 2.45) is 5.92 Å². The van der Waals surface area contributed by atoms with Gasteiger partial charge in [0.15, 0.2) is 0 Å². The second-order valence-corrected chi connectivity index (χ2v) is 5.37. The van der Waals surface area contributed by atoms with Crippen molar-refractivity contribution in [2.75, 3.05) is 19.6 Å². The van der Waals surface area contributed by atoms with E-state index in [0.717, 1.165) is 12.8 Å². The zero-order chi connectivity index (χ0) is 13.3. The number of nitrogens with zero attached hydrogens (tertiary/aromatic N) is 2. The Labute approximate surface area is 106 Å². The van der Waals surface area contributed by atoms with Gasteiger partial charge in [0.25, 0.3) is 0 Å². The molecule has 2 N–H and O–H groups in total. The highest BCUT2D eigenvalue weighted by Gasteiger charge is 2.41. The highest BCUT2D eigenvalue weighted by atomic mass is 16.4. The summed E-state index contributed by atoms with van der Waals surface area (Å²) in [4.78, 5) is 26.4. The lowest BCUT2D eigenvalue weighted by molar-refractivity contribution is -0.141. The molecule has 0 spiro atoms. The molecular formula is C12H20N2O4. The van der Waals surface area contributed by atoms with Crippen LogP contribution in [0.15, 0.2) is 0 Å². The average molecular weight is 256 g/mol. The zero-order valence-electron chi connectivity index (χ0n) is 10.6. The molecule has 3 atom stereocenters. The maximum absolute atomic E-state index is 12.3. The third kappa shape index (κ3) is 2.58. The minimum atomic E-state index is -1.04. The van der Waals surface area contributed by atoms with Crippen LogP contribution in [0.5, 0.6) is 0 Å². The number of carboxylic acids is 1. The summed E-state index contributed by atoms with van der Waals surface area (Å²) >= 11 is 0. The van der Waals surface area contributed by atoms with Gasteiger partial charge in [0.1, 0.15) is 6.04 Å². The van der Waals surface area contributed by atoms with Gasteiger partial charge in [-0.1, -0.05) is 6.92 Å². The van der Waals surface area contributed by atoms with Crippen LogP contribution in [0.2, 0.25) is 0 Å². The van der Waals surface area contributed by atoms with Gasteiger partial charge in [0.2, 0.25) is 0 Å². The summed E-state index contributed by atoms with van der Waals surface area (Å²) in [6.07, 6.45) is 1.47. The molecule has 3 unspecified atom stereocenters. The number of piperidine rings is 1. The molecule has 102 valence electrons. The molecule has 0 aromatic heterocycles. The van der Waals surface area contributed by atoms with Crippen molar-refractivity contribution in [3.05, 3.63) is 0 Å². The van der Waals surface area contributed by atoms with E-state index < -0.39 is 18.1 Å². The topological polar surface area (TPSA) is 81.1 Å². The second-order valence-electron chi connectivity index (χ2n) is 5.37. The molecule has 0 aromatic carbocycles. The van der Waals surface area contributed by atoms with E-state index in [2.05, 4.69) is 6.92 Å². The summed E-state index contributed by atoms with van der Waals surface area (Å²) < 4.78 is 0. The average Bonchev–Trinajstić information content (AvgIpc) is 2.70. The van der Waals surface area contributed by atoms with E-state index >= 15 is 0 Å². The molecule has 2 heterocycles. The second kappa shape index (κ2) is 5.14. The lowest BCUT2D eigenvalue weighted by Crippen LogP contribution is -2.50. The van der Waals surface area contributed by atoms with Crippen LogP contribution in [0.1, 0.15) is 26.2 Å². The summed E-state index contributed by atoms with van der Waals surface area (Å²) in [6.45, 7) is 3.58. The van der Waals surface area contributed by atoms with Crippen LogP contribution in [-0.2, 0) is 4.79 Å². The van der Waals surface area contributed by atoms with Crippen LogP contribution in [0.25, 0.3) is 0 Å². The van der Waals surface area contributed by atoms with Crippen molar-refractivity contribution in [1.29, 1.82) is 0 Å².